The highest BCUT2D eigenvalue weighted by Crippen LogP contribution is 2.42. The van der Waals surface area contributed by atoms with E-state index in [9.17, 15) is 0 Å². The molecule has 1 aliphatic rings. The van der Waals surface area contributed by atoms with E-state index < -0.39 is 0 Å². The number of aryl methyl sites for hydroxylation is 1. The summed E-state index contributed by atoms with van der Waals surface area (Å²) in [6.45, 7) is 2.57. The number of nitrogens with two attached hydrogens (primary N) is 1. The predicted molar refractivity (Wildman–Crippen MR) is 48.1 cm³/mol. The largest absolute Gasteiger partial charge is 0.339 e. The number of aromatic nitrogens is 2. The van der Waals surface area contributed by atoms with Gasteiger partial charge in [0.05, 0.1) is 0 Å². The summed E-state index contributed by atoms with van der Waals surface area (Å²) in [5.74, 6) is 1.45. The van der Waals surface area contributed by atoms with E-state index in [1.165, 1.54) is 19.3 Å². The topological polar surface area (TPSA) is 64.9 Å². The Balaban J connectivity index is 2.04. The van der Waals surface area contributed by atoms with Gasteiger partial charge in [-0.3, -0.25) is 0 Å². The molecule has 4 heteroatoms. The molecular formula is C9H15N3O. The zero-order valence-corrected chi connectivity index (χ0v) is 7.92. The normalized spacial score (nSPS) is 19.8. The van der Waals surface area contributed by atoms with Gasteiger partial charge in [-0.1, -0.05) is 11.6 Å². The third kappa shape index (κ3) is 1.58. The van der Waals surface area contributed by atoms with Gasteiger partial charge in [-0.2, -0.15) is 4.98 Å². The van der Waals surface area contributed by atoms with Crippen molar-refractivity contribution >= 4 is 0 Å². The molecule has 0 unspecified atom stereocenters. The van der Waals surface area contributed by atoms with Crippen molar-refractivity contribution in [3.05, 3.63) is 11.7 Å². The van der Waals surface area contributed by atoms with Crippen molar-refractivity contribution < 1.29 is 4.52 Å². The maximum Gasteiger partial charge on any atom is 0.227 e. The number of hydrogen-bond acceptors (Lipinski definition) is 4. The van der Waals surface area contributed by atoms with Crippen LogP contribution >= 0.6 is 0 Å². The van der Waals surface area contributed by atoms with Crippen LogP contribution in [0.1, 0.15) is 31.0 Å². The van der Waals surface area contributed by atoms with E-state index in [2.05, 4.69) is 10.1 Å². The molecule has 0 amide bonds. The molecular weight excluding hydrogens is 166 g/mol. The second-order valence-electron chi connectivity index (χ2n) is 3.97. The minimum atomic E-state index is 0.263. The smallest absolute Gasteiger partial charge is 0.227 e. The van der Waals surface area contributed by atoms with Crippen LogP contribution < -0.4 is 5.73 Å². The van der Waals surface area contributed by atoms with Crippen LogP contribution in [-0.4, -0.2) is 16.7 Å². The number of rotatable bonds is 3. The van der Waals surface area contributed by atoms with Crippen molar-refractivity contribution in [1.82, 2.24) is 10.1 Å². The zero-order valence-electron chi connectivity index (χ0n) is 7.92. The summed E-state index contributed by atoms with van der Waals surface area (Å²) < 4.78 is 5.08. The average Bonchev–Trinajstić information content (AvgIpc) is 2.44. The van der Waals surface area contributed by atoms with Gasteiger partial charge in [0.2, 0.25) is 5.89 Å². The van der Waals surface area contributed by atoms with Gasteiger partial charge in [0, 0.05) is 6.42 Å². The minimum Gasteiger partial charge on any atom is -0.339 e. The molecule has 1 heterocycles. The molecule has 1 aromatic heterocycles. The van der Waals surface area contributed by atoms with Crippen LogP contribution in [0.5, 0.6) is 0 Å². The fourth-order valence-electron chi connectivity index (χ4n) is 1.86. The molecule has 0 aromatic carbocycles. The molecule has 0 saturated heterocycles. The Kier molecular flexibility index (Phi) is 2.07. The maximum atomic E-state index is 5.73. The highest BCUT2D eigenvalue weighted by molar-refractivity contribution is 4.97. The Morgan fingerprint density at radius 2 is 2.31 bits per heavy atom. The molecule has 72 valence electrons. The van der Waals surface area contributed by atoms with Crippen LogP contribution in [0, 0.1) is 12.3 Å². The van der Waals surface area contributed by atoms with Gasteiger partial charge in [0.1, 0.15) is 0 Å². The molecule has 1 aliphatic carbocycles. The number of hydrogen-bond donors (Lipinski definition) is 1. The van der Waals surface area contributed by atoms with E-state index in [1.807, 2.05) is 6.92 Å². The summed E-state index contributed by atoms with van der Waals surface area (Å²) >= 11 is 0. The minimum absolute atomic E-state index is 0.263. The first kappa shape index (κ1) is 8.69. The lowest BCUT2D eigenvalue weighted by atomic mass is 9.67. The van der Waals surface area contributed by atoms with Gasteiger partial charge >= 0.3 is 0 Å². The van der Waals surface area contributed by atoms with Crippen LogP contribution in [-0.2, 0) is 6.42 Å². The lowest BCUT2D eigenvalue weighted by Crippen LogP contribution is -2.39. The Morgan fingerprint density at radius 3 is 2.69 bits per heavy atom. The lowest BCUT2D eigenvalue weighted by Gasteiger charge is -2.39. The first-order chi connectivity index (χ1) is 6.24. The Hall–Kier alpha value is -0.900. The van der Waals surface area contributed by atoms with Crippen molar-refractivity contribution in [2.45, 2.75) is 32.6 Å². The Morgan fingerprint density at radius 1 is 1.54 bits per heavy atom. The fraction of sp³-hybridized carbons (Fsp3) is 0.778. The lowest BCUT2D eigenvalue weighted by molar-refractivity contribution is 0.129. The van der Waals surface area contributed by atoms with Crippen molar-refractivity contribution in [2.75, 3.05) is 6.54 Å². The first-order valence-corrected chi connectivity index (χ1v) is 4.73. The number of nitrogens with zero attached hydrogens (tertiary/aromatic N) is 2. The first-order valence-electron chi connectivity index (χ1n) is 4.73. The average molecular weight is 181 g/mol. The van der Waals surface area contributed by atoms with Crippen LogP contribution in [0.2, 0.25) is 0 Å². The van der Waals surface area contributed by atoms with Gasteiger partial charge in [0.15, 0.2) is 5.82 Å². The summed E-state index contributed by atoms with van der Waals surface area (Å²) in [6.07, 6.45) is 4.53. The van der Waals surface area contributed by atoms with Crippen molar-refractivity contribution in [3.8, 4) is 0 Å². The summed E-state index contributed by atoms with van der Waals surface area (Å²) in [5.41, 5.74) is 6.00. The summed E-state index contributed by atoms with van der Waals surface area (Å²) in [5, 5.41) is 3.77. The molecule has 2 rings (SSSR count). The SMILES string of the molecule is Cc1noc(CC2(CN)CCC2)n1. The third-order valence-corrected chi connectivity index (χ3v) is 2.94. The van der Waals surface area contributed by atoms with Gasteiger partial charge in [0.25, 0.3) is 0 Å². The van der Waals surface area contributed by atoms with Crippen molar-refractivity contribution in [3.63, 3.8) is 0 Å². The van der Waals surface area contributed by atoms with E-state index >= 15 is 0 Å². The fourth-order valence-corrected chi connectivity index (χ4v) is 1.86. The zero-order chi connectivity index (χ0) is 9.31. The van der Waals surface area contributed by atoms with E-state index in [-0.39, 0.29) is 5.41 Å². The quantitative estimate of drug-likeness (QED) is 0.757. The van der Waals surface area contributed by atoms with Gasteiger partial charge < -0.3 is 10.3 Å². The van der Waals surface area contributed by atoms with E-state index in [0.29, 0.717) is 5.82 Å². The van der Waals surface area contributed by atoms with Crippen LogP contribution in [0.3, 0.4) is 0 Å². The molecule has 0 aliphatic heterocycles. The van der Waals surface area contributed by atoms with Crippen molar-refractivity contribution in [2.24, 2.45) is 11.1 Å². The Bertz CT molecular complexity index is 285. The summed E-state index contributed by atoms with van der Waals surface area (Å²) in [6, 6.07) is 0. The second-order valence-corrected chi connectivity index (χ2v) is 3.97. The molecule has 4 nitrogen and oxygen atoms in total. The maximum absolute atomic E-state index is 5.73. The van der Waals surface area contributed by atoms with Gasteiger partial charge in [-0.25, -0.2) is 0 Å². The highest BCUT2D eigenvalue weighted by atomic mass is 16.5. The summed E-state index contributed by atoms with van der Waals surface area (Å²) in [7, 11) is 0. The molecule has 1 saturated carbocycles. The molecule has 0 spiro atoms. The van der Waals surface area contributed by atoms with Crippen LogP contribution in [0.15, 0.2) is 4.52 Å². The van der Waals surface area contributed by atoms with Crippen molar-refractivity contribution in [1.29, 1.82) is 0 Å². The molecule has 0 atom stereocenters. The highest BCUT2D eigenvalue weighted by Gasteiger charge is 2.37. The standard InChI is InChI=1S/C9H15N3O/c1-7-11-8(13-12-7)5-9(6-10)3-2-4-9/h2-6,10H2,1H3. The molecule has 0 bridgehead atoms. The van der Waals surface area contributed by atoms with Gasteiger partial charge in [-0.05, 0) is 31.7 Å². The van der Waals surface area contributed by atoms with E-state index in [0.717, 1.165) is 18.9 Å². The van der Waals surface area contributed by atoms with E-state index in [4.69, 9.17) is 10.3 Å². The van der Waals surface area contributed by atoms with Crippen LogP contribution in [0.25, 0.3) is 0 Å². The summed E-state index contributed by atoms with van der Waals surface area (Å²) in [4.78, 5) is 4.19. The predicted octanol–water partition coefficient (Wildman–Crippen LogP) is 1.05. The third-order valence-electron chi connectivity index (χ3n) is 2.94. The molecule has 1 aromatic rings. The van der Waals surface area contributed by atoms with Crippen LogP contribution in [0.4, 0.5) is 0 Å². The molecule has 1 fully saturated rings. The molecule has 0 radical (unpaired) electrons. The molecule has 2 N–H and O–H groups in total. The Labute approximate surface area is 77.5 Å². The monoisotopic (exact) mass is 181 g/mol. The van der Waals surface area contributed by atoms with Gasteiger partial charge in [-0.15, -0.1) is 0 Å². The molecule has 13 heavy (non-hydrogen) atoms. The van der Waals surface area contributed by atoms with E-state index in [1.54, 1.807) is 0 Å². The second kappa shape index (κ2) is 3.10.